The fraction of sp³-hybridized carbons (Fsp3) is 0.583. The van der Waals surface area contributed by atoms with Crippen LogP contribution in [0, 0.1) is 5.41 Å². The van der Waals surface area contributed by atoms with E-state index in [0.29, 0.717) is 4.47 Å². The van der Waals surface area contributed by atoms with Crippen molar-refractivity contribution in [3.8, 4) is 0 Å². The molecule has 1 aromatic heterocycles. The number of rotatable bonds is 8. The lowest BCUT2D eigenvalue weighted by atomic mass is 9.87. The highest BCUT2D eigenvalue weighted by Crippen LogP contribution is 2.19. The molecule has 130 valence electrons. The molecule has 0 aliphatic carbocycles. The molecule has 4 N–H and O–H groups in total. The van der Waals surface area contributed by atoms with Crippen molar-refractivity contribution < 1.29 is 23.4 Å². The Morgan fingerprint density at radius 1 is 1.39 bits per heavy atom. The molecule has 0 unspecified atom stereocenters. The third kappa shape index (κ3) is 6.37. The van der Waals surface area contributed by atoms with Crippen LogP contribution in [-0.2, 0) is 14.8 Å². The summed E-state index contributed by atoms with van der Waals surface area (Å²) in [6.45, 7) is 2.44. The largest absolute Gasteiger partial charge is 0.396 e. The summed E-state index contributed by atoms with van der Waals surface area (Å²) in [5.74, 6) is -1.25. The van der Waals surface area contributed by atoms with E-state index in [2.05, 4.69) is 35.9 Å². The summed E-state index contributed by atoms with van der Waals surface area (Å²) in [5, 5.41) is 21.2. The summed E-state index contributed by atoms with van der Waals surface area (Å²) in [7, 11) is -3.75. The van der Waals surface area contributed by atoms with Crippen LogP contribution in [0.15, 0.2) is 16.9 Å². The van der Waals surface area contributed by atoms with Crippen molar-refractivity contribution in [1.29, 1.82) is 0 Å². The van der Waals surface area contributed by atoms with Crippen LogP contribution >= 0.6 is 15.9 Å². The number of aromatic nitrogens is 2. The number of nitrogens with one attached hydrogen (secondary N) is 2. The number of hydrogen-bond acceptors (Lipinski definition) is 7. The number of halogens is 1. The number of carbonyl (C=O) groups is 1. The number of sulfonamides is 1. The number of nitrogens with zero attached hydrogens (tertiary/aromatic N) is 2. The fourth-order valence-electron chi connectivity index (χ4n) is 1.40. The van der Waals surface area contributed by atoms with Crippen LogP contribution < -0.4 is 10.0 Å². The van der Waals surface area contributed by atoms with Crippen molar-refractivity contribution >= 4 is 37.8 Å². The molecule has 0 aliphatic heterocycles. The molecular formula is C12H19BrN4O5S. The Balaban J connectivity index is 2.51. The number of aliphatic hydroxyl groups excluding tert-OH is 2. The average Bonchev–Trinajstić information content (AvgIpc) is 2.48. The van der Waals surface area contributed by atoms with Crippen molar-refractivity contribution in [1.82, 2.24) is 15.3 Å². The SMILES string of the molecule is CC(C)(CO)[C@H](O)C(=O)NCCS(=O)(=O)Nc1ncc(Br)cn1. The second-order valence-electron chi connectivity index (χ2n) is 5.49. The lowest BCUT2D eigenvalue weighted by molar-refractivity contribution is -0.136. The van der Waals surface area contributed by atoms with E-state index in [1.54, 1.807) is 0 Å². The van der Waals surface area contributed by atoms with Crippen LogP contribution in [0.3, 0.4) is 0 Å². The van der Waals surface area contributed by atoms with E-state index < -0.39 is 33.2 Å². The van der Waals surface area contributed by atoms with Gasteiger partial charge in [0.25, 0.3) is 0 Å². The number of amides is 1. The quantitative estimate of drug-likeness (QED) is 0.451. The van der Waals surface area contributed by atoms with Gasteiger partial charge in [-0.1, -0.05) is 13.8 Å². The smallest absolute Gasteiger partial charge is 0.249 e. The molecule has 1 rings (SSSR count). The summed E-state index contributed by atoms with van der Waals surface area (Å²) in [6, 6.07) is 0. The van der Waals surface area contributed by atoms with Crippen molar-refractivity contribution in [3.05, 3.63) is 16.9 Å². The second-order valence-corrected chi connectivity index (χ2v) is 8.24. The van der Waals surface area contributed by atoms with Crippen LogP contribution in [-0.4, -0.2) is 59.5 Å². The van der Waals surface area contributed by atoms with Crippen LogP contribution in [0.5, 0.6) is 0 Å². The third-order valence-corrected chi connectivity index (χ3v) is 4.58. The molecule has 0 radical (unpaired) electrons. The van der Waals surface area contributed by atoms with Crippen LogP contribution in [0.4, 0.5) is 5.95 Å². The summed E-state index contributed by atoms with van der Waals surface area (Å²) in [4.78, 5) is 19.3. The molecule has 1 atom stereocenters. The first-order chi connectivity index (χ1) is 10.6. The molecule has 1 amide bonds. The fourth-order valence-corrected chi connectivity index (χ4v) is 2.46. The van der Waals surface area contributed by atoms with E-state index in [0.717, 1.165) is 0 Å². The Morgan fingerprint density at radius 2 is 1.96 bits per heavy atom. The number of carbonyl (C=O) groups excluding carboxylic acids is 1. The average molecular weight is 411 g/mol. The van der Waals surface area contributed by atoms with Crippen LogP contribution in [0.1, 0.15) is 13.8 Å². The monoisotopic (exact) mass is 410 g/mol. The molecule has 0 aliphatic rings. The van der Waals surface area contributed by atoms with Gasteiger partial charge in [0.2, 0.25) is 21.9 Å². The van der Waals surface area contributed by atoms with Gasteiger partial charge < -0.3 is 15.5 Å². The molecular weight excluding hydrogens is 392 g/mol. The van der Waals surface area contributed by atoms with Gasteiger partial charge in [-0.05, 0) is 15.9 Å². The van der Waals surface area contributed by atoms with E-state index in [1.807, 2.05) is 0 Å². The third-order valence-electron chi connectivity index (χ3n) is 2.93. The predicted molar refractivity (Wildman–Crippen MR) is 87.0 cm³/mol. The normalized spacial score (nSPS) is 13.4. The van der Waals surface area contributed by atoms with Gasteiger partial charge in [-0.2, -0.15) is 0 Å². The topological polar surface area (TPSA) is 142 Å². The Labute approximate surface area is 142 Å². The first kappa shape index (κ1) is 19.7. The van der Waals surface area contributed by atoms with Gasteiger partial charge in [-0.3, -0.25) is 9.52 Å². The van der Waals surface area contributed by atoms with E-state index in [9.17, 15) is 18.3 Å². The molecule has 0 bridgehead atoms. The van der Waals surface area contributed by atoms with Crippen LogP contribution in [0.25, 0.3) is 0 Å². The van der Waals surface area contributed by atoms with Gasteiger partial charge in [-0.25, -0.2) is 18.4 Å². The highest BCUT2D eigenvalue weighted by molar-refractivity contribution is 9.10. The Morgan fingerprint density at radius 3 is 2.48 bits per heavy atom. The maximum Gasteiger partial charge on any atom is 0.249 e. The lowest BCUT2D eigenvalue weighted by Crippen LogP contribution is -2.46. The van der Waals surface area contributed by atoms with E-state index in [4.69, 9.17) is 5.11 Å². The van der Waals surface area contributed by atoms with Crippen molar-refractivity contribution in [2.45, 2.75) is 20.0 Å². The molecule has 23 heavy (non-hydrogen) atoms. The van der Waals surface area contributed by atoms with Gasteiger partial charge >= 0.3 is 0 Å². The molecule has 0 spiro atoms. The molecule has 0 aromatic carbocycles. The highest BCUT2D eigenvalue weighted by Gasteiger charge is 2.32. The summed E-state index contributed by atoms with van der Waals surface area (Å²) in [6.07, 6.45) is 1.33. The Hall–Kier alpha value is -1.30. The Kier molecular flexibility index (Phi) is 6.86. The Bertz CT molecular complexity index is 635. The lowest BCUT2D eigenvalue weighted by Gasteiger charge is -2.27. The second kappa shape index (κ2) is 7.99. The molecule has 0 fully saturated rings. The number of hydrogen-bond donors (Lipinski definition) is 4. The molecule has 0 saturated carbocycles. The minimum absolute atomic E-state index is 0.0824. The van der Waals surface area contributed by atoms with E-state index in [-0.39, 0.29) is 19.1 Å². The number of anilines is 1. The van der Waals surface area contributed by atoms with Gasteiger partial charge in [0.05, 0.1) is 16.8 Å². The molecule has 1 aromatic rings. The van der Waals surface area contributed by atoms with Gasteiger partial charge in [0.1, 0.15) is 6.10 Å². The number of aliphatic hydroxyl groups is 2. The molecule has 0 saturated heterocycles. The summed E-state index contributed by atoms with van der Waals surface area (Å²) < 4.78 is 26.4. The molecule has 1 heterocycles. The molecule has 9 nitrogen and oxygen atoms in total. The van der Waals surface area contributed by atoms with E-state index >= 15 is 0 Å². The summed E-state index contributed by atoms with van der Waals surface area (Å²) >= 11 is 3.13. The minimum Gasteiger partial charge on any atom is -0.396 e. The van der Waals surface area contributed by atoms with Crippen molar-refractivity contribution in [2.75, 3.05) is 23.6 Å². The zero-order valence-electron chi connectivity index (χ0n) is 12.7. The zero-order chi connectivity index (χ0) is 17.7. The first-order valence-corrected chi connectivity index (χ1v) is 9.06. The summed E-state index contributed by atoms with van der Waals surface area (Å²) in [5.41, 5.74) is -1.02. The highest BCUT2D eigenvalue weighted by atomic mass is 79.9. The predicted octanol–water partition coefficient (Wildman–Crippen LogP) is -0.524. The maximum atomic E-state index is 11.8. The minimum atomic E-state index is -3.75. The van der Waals surface area contributed by atoms with Gasteiger partial charge in [-0.15, -0.1) is 0 Å². The van der Waals surface area contributed by atoms with Gasteiger partial charge in [0, 0.05) is 24.4 Å². The van der Waals surface area contributed by atoms with Crippen LogP contribution in [0.2, 0.25) is 0 Å². The first-order valence-electron chi connectivity index (χ1n) is 6.62. The van der Waals surface area contributed by atoms with E-state index in [1.165, 1.54) is 26.2 Å². The van der Waals surface area contributed by atoms with Gasteiger partial charge in [0.15, 0.2) is 0 Å². The zero-order valence-corrected chi connectivity index (χ0v) is 15.1. The maximum absolute atomic E-state index is 11.8. The molecule has 11 heteroatoms. The van der Waals surface area contributed by atoms with Crippen molar-refractivity contribution in [2.24, 2.45) is 5.41 Å². The van der Waals surface area contributed by atoms with Crippen molar-refractivity contribution in [3.63, 3.8) is 0 Å². The standard InChI is InChI=1S/C12H19BrN4O5S/c1-12(2,7-18)9(19)10(20)14-3-4-23(21,22)17-11-15-5-8(13)6-16-11/h5-6,9,18-19H,3-4,7H2,1-2H3,(H,14,20)(H,15,16,17)/t9-/m1/s1.